The molecule has 0 spiro atoms. The van der Waals surface area contributed by atoms with E-state index in [1.54, 1.807) is 36.4 Å². The van der Waals surface area contributed by atoms with Gasteiger partial charge in [-0.3, -0.25) is 9.59 Å². The molecule has 4 rings (SSSR count). The van der Waals surface area contributed by atoms with Crippen molar-refractivity contribution < 1.29 is 14.3 Å². The highest BCUT2D eigenvalue weighted by atomic mass is 35.5. The van der Waals surface area contributed by atoms with E-state index in [4.69, 9.17) is 16.3 Å². The first-order valence-electron chi connectivity index (χ1n) is 10.8. The van der Waals surface area contributed by atoms with Gasteiger partial charge in [-0.1, -0.05) is 48.0 Å². The topological polar surface area (TPSA) is 58.6 Å². The van der Waals surface area contributed by atoms with Gasteiger partial charge in [0, 0.05) is 29.2 Å². The number of halogens is 1. The molecule has 1 saturated heterocycles. The van der Waals surface area contributed by atoms with Crippen LogP contribution in [0.3, 0.4) is 0 Å². The number of ether oxygens (including phenoxy) is 1. The van der Waals surface area contributed by atoms with Crippen LogP contribution in [0.15, 0.2) is 72.8 Å². The van der Waals surface area contributed by atoms with Crippen molar-refractivity contribution >= 4 is 29.1 Å². The van der Waals surface area contributed by atoms with Gasteiger partial charge in [0.2, 0.25) is 0 Å². The van der Waals surface area contributed by atoms with Gasteiger partial charge in [0.1, 0.15) is 12.4 Å². The van der Waals surface area contributed by atoms with Crippen molar-refractivity contribution in [1.29, 1.82) is 0 Å². The van der Waals surface area contributed by atoms with Crippen LogP contribution in [0.2, 0.25) is 5.02 Å². The maximum Gasteiger partial charge on any atom is 0.255 e. The third-order valence-corrected chi connectivity index (χ3v) is 5.87. The largest absolute Gasteiger partial charge is 0.489 e. The molecule has 3 aromatic rings. The maximum absolute atomic E-state index is 13.0. The van der Waals surface area contributed by atoms with Crippen LogP contribution in [0.4, 0.5) is 5.69 Å². The summed E-state index contributed by atoms with van der Waals surface area (Å²) in [5.41, 5.74) is 2.33. The van der Waals surface area contributed by atoms with Crippen LogP contribution in [0.1, 0.15) is 45.5 Å². The van der Waals surface area contributed by atoms with E-state index in [0.717, 1.165) is 37.9 Å². The molecule has 2 amide bonds. The number of nitrogens with zero attached hydrogens (tertiary/aromatic N) is 1. The van der Waals surface area contributed by atoms with E-state index in [0.29, 0.717) is 34.2 Å². The Morgan fingerprint density at radius 3 is 2.47 bits per heavy atom. The number of rotatable bonds is 6. The molecular weight excluding hydrogens is 424 g/mol. The smallest absolute Gasteiger partial charge is 0.255 e. The Labute approximate surface area is 193 Å². The fourth-order valence-electron chi connectivity index (χ4n) is 3.74. The molecule has 32 heavy (non-hydrogen) atoms. The average molecular weight is 449 g/mol. The van der Waals surface area contributed by atoms with Gasteiger partial charge in [0.15, 0.2) is 0 Å². The summed E-state index contributed by atoms with van der Waals surface area (Å²) < 4.78 is 5.83. The molecule has 6 heteroatoms. The highest BCUT2D eigenvalue weighted by Gasteiger charge is 2.21. The summed E-state index contributed by atoms with van der Waals surface area (Å²) in [6, 6.07) is 21.6. The second kappa shape index (κ2) is 10.3. The Morgan fingerprint density at radius 2 is 1.66 bits per heavy atom. The zero-order valence-electron chi connectivity index (χ0n) is 17.7. The van der Waals surface area contributed by atoms with Crippen LogP contribution in [-0.2, 0) is 6.61 Å². The van der Waals surface area contributed by atoms with Gasteiger partial charge < -0.3 is 15.0 Å². The van der Waals surface area contributed by atoms with Crippen LogP contribution < -0.4 is 10.1 Å². The van der Waals surface area contributed by atoms with Crippen molar-refractivity contribution in [3.8, 4) is 5.75 Å². The van der Waals surface area contributed by atoms with E-state index < -0.39 is 0 Å². The molecule has 0 aromatic heterocycles. The van der Waals surface area contributed by atoms with E-state index in [9.17, 15) is 9.59 Å². The molecule has 1 aliphatic heterocycles. The molecule has 1 aliphatic rings. The average Bonchev–Trinajstić information content (AvgIpc) is 2.84. The summed E-state index contributed by atoms with van der Waals surface area (Å²) in [4.78, 5) is 27.8. The van der Waals surface area contributed by atoms with Crippen LogP contribution in [-0.4, -0.2) is 29.8 Å². The van der Waals surface area contributed by atoms with Crippen molar-refractivity contribution in [2.24, 2.45) is 0 Å². The summed E-state index contributed by atoms with van der Waals surface area (Å²) in [6.07, 6.45) is 3.18. The molecule has 3 aromatic carbocycles. The number of carbonyl (C=O) groups excluding carboxylic acids is 2. The first-order valence-corrected chi connectivity index (χ1v) is 11.2. The summed E-state index contributed by atoms with van der Waals surface area (Å²) in [5.74, 6) is 0.222. The number of piperidine rings is 1. The van der Waals surface area contributed by atoms with Crippen molar-refractivity contribution in [3.63, 3.8) is 0 Å². The van der Waals surface area contributed by atoms with Crippen LogP contribution in [0.5, 0.6) is 5.75 Å². The van der Waals surface area contributed by atoms with Gasteiger partial charge in [-0.15, -0.1) is 0 Å². The van der Waals surface area contributed by atoms with Gasteiger partial charge in [0.05, 0.1) is 11.3 Å². The molecule has 0 unspecified atom stereocenters. The summed E-state index contributed by atoms with van der Waals surface area (Å²) in [5, 5.41) is 3.53. The Balaban J connectivity index is 1.46. The molecule has 164 valence electrons. The van der Waals surface area contributed by atoms with Crippen LogP contribution in [0, 0.1) is 0 Å². The Hall–Kier alpha value is -3.31. The zero-order valence-corrected chi connectivity index (χ0v) is 18.5. The van der Waals surface area contributed by atoms with E-state index in [2.05, 4.69) is 5.32 Å². The molecule has 1 N–H and O–H groups in total. The Morgan fingerprint density at radius 1 is 0.906 bits per heavy atom. The van der Waals surface area contributed by atoms with Gasteiger partial charge in [-0.25, -0.2) is 0 Å². The molecule has 5 nitrogen and oxygen atoms in total. The number of anilines is 1. The fourth-order valence-corrected chi connectivity index (χ4v) is 3.93. The lowest BCUT2D eigenvalue weighted by molar-refractivity contribution is 0.0725. The van der Waals surface area contributed by atoms with E-state index in [-0.39, 0.29) is 11.8 Å². The molecule has 0 radical (unpaired) electrons. The lowest BCUT2D eigenvalue weighted by Gasteiger charge is -2.27. The Kier molecular flexibility index (Phi) is 7.07. The summed E-state index contributed by atoms with van der Waals surface area (Å²) in [7, 11) is 0. The number of carbonyl (C=O) groups is 2. The SMILES string of the molecule is O=C(Nc1ccccc1C(=O)N1CCCCC1)c1cccc(OCc2ccccc2Cl)c1. The van der Waals surface area contributed by atoms with Gasteiger partial charge >= 0.3 is 0 Å². The molecule has 0 bridgehead atoms. The maximum atomic E-state index is 13.0. The highest BCUT2D eigenvalue weighted by molar-refractivity contribution is 6.31. The highest BCUT2D eigenvalue weighted by Crippen LogP contribution is 2.23. The van der Waals surface area contributed by atoms with Crippen molar-refractivity contribution in [1.82, 2.24) is 4.90 Å². The van der Waals surface area contributed by atoms with Gasteiger partial charge in [-0.05, 0) is 55.7 Å². The number of amides is 2. The monoisotopic (exact) mass is 448 g/mol. The number of hydrogen-bond acceptors (Lipinski definition) is 3. The number of benzene rings is 3. The molecule has 1 fully saturated rings. The minimum absolute atomic E-state index is 0.0441. The van der Waals surface area contributed by atoms with Gasteiger partial charge in [0.25, 0.3) is 11.8 Å². The Bertz CT molecular complexity index is 1110. The predicted molar refractivity (Wildman–Crippen MR) is 126 cm³/mol. The van der Waals surface area contributed by atoms with Crippen molar-refractivity contribution in [3.05, 3.63) is 94.5 Å². The number of hydrogen-bond donors (Lipinski definition) is 1. The standard InChI is InChI=1S/C26H25ClN2O3/c27-23-13-4-2-9-20(23)18-32-21-11-8-10-19(17-21)25(30)28-24-14-5-3-12-22(24)26(31)29-15-6-1-7-16-29/h2-5,8-14,17H,1,6-7,15-16,18H2,(H,28,30). The number of likely N-dealkylation sites (tertiary alicyclic amines) is 1. The van der Waals surface area contributed by atoms with E-state index in [1.165, 1.54) is 0 Å². The first kappa shape index (κ1) is 21.9. The molecule has 0 saturated carbocycles. The third kappa shape index (κ3) is 5.29. The number of nitrogens with one attached hydrogen (secondary N) is 1. The quantitative estimate of drug-likeness (QED) is 0.518. The lowest BCUT2D eigenvalue weighted by Crippen LogP contribution is -2.36. The second-order valence-corrected chi connectivity index (χ2v) is 8.17. The summed E-state index contributed by atoms with van der Waals surface area (Å²) >= 11 is 6.18. The molecule has 0 aliphatic carbocycles. The van der Waals surface area contributed by atoms with E-state index in [1.807, 2.05) is 41.3 Å². The number of para-hydroxylation sites is 1. The van der Waals surface area contributed by atoms with Crippen molar-refractivity contribution in [2.45, 2.75) is 25.9 Å². The minimum atomic E-state index is -0.299. The third-order valence-electron chi connectivity index (χ3n) is 5.50. The fraction of sp³-hybridized carbons (Fsp3) is 0.231. The summed E-state index contributed by atoms with van der Waals surface area (Å²) in [6.45, 7) is 1.82. The lowest BCUT2D eigenvalue weighted by atomic mass is 10.1. The minimum Gasteiger partial charge on any atom is -0.489 e. The molecule has 1 heterocycles. The molecule has 0 atom stereocenters. The molecular formula is C26H25ClN2O3. The van der Waals surface area contributed by atoms with Gasteiger partial charge in [-0.2, -0.15) is 0 Å². The van der Waals surface area contributed by atoms with E-state index >= 15 is 0 Å². The second-order valence-electron chi connectivity index (χ2n) is 7.76. The van der Waals surface area contributed by atoms with Crippen molar-refractivity contribution in [2.75, 3.05) is 18.4 Å². The normalized spacial score (nSPS) is 13.5. The van der Waals surface area contributed by atoms with Crippen LogP contribution in [0.25, 0.3) is 0 Å². The predicted octanol–water partition coefficient (Wildman–Crippen LogP) is 5.80. The zero-order chi connectivity index (χ0) is 22.3. The van der Waals surface area contributed by atoms with Crippen LogP contribution >= 0.6 is 11.6 Å². The first-order chi connectivity index (χ1) is 15.6.